The minimum Gasteiger partial charge on any atom is -0.384 e. The minimum absolute atomic E-state index is 0.566. The summed E-state index contributed by atoms with van der Waals surface area (Å²) in [7, 11) is 0. The van der Waals surface area contributed by atoms with Crippen LogP contribution in [0.15, 0.2) is 6.20 Å². The van der Waals surface area contributed by atoms with E-state index in [9.17, 15) is 5.11 Å². The third-order valence-electron chi connectivity index (χ3n) is 3.88. The monoisotopic (exact) mass is 224 g/mol. The SMILES string of the molecule is Nc1ncc(C2(O)CC3CCC(C3)C2)s1. The lowest BCUT2D eigenvalue weighted by atomic mass is 9.77. The van der Waals surface area contributed by atoms with Gasteiger partial charge in [-0.05, 0) is 31.1 Å². The number of nitrogens with two attached hydrogens (primary N) is 1. The van der Waals surface area contributed by atoms with Crippen molar-refractivity contribution in [2.24, 2.45) is 11.8 Å². The van der Waals surface area contributed by atoms with Gasteiger partial charge in [0.25, 0.3) is 0 Å². The Balaban J connectivity index is 1.90. The molecular formula is C11H16N2OS. The molecule has 1 aromatic rings. The molecule has 2 unspecified atom stereocenters. The van der Waals surface area contributed by atoms with Gasteiger partial charge in [-0.3, -0.25) is 0 Å². The van der Waals surface area contributed by atoms with Crippen molar-refractivity contribution in [1.82, 2.24) is 4.98 Å². The van der Waals surface area contributed by atoms with Crippen LogP contribution >= 0.6 is 11.3 Å². The zero-order valence-electron chi connectivity index (χ0n) is 8.65. The summed E-state index contributed by atoms with van der Waals surface area (Å²) in [6, 6.07) is 0. The molecule has 3 rings (SSSR count). The number of fused-ring (bicyclic) bond motifs is 2. The number of nitrogens with zero attached hydrogens (tertiary/aromatic N) is 1. The van der Waals surface area contributed by atoms with Gasteiger partial charge in [-0.1, -0.05) is 24.2 Å². The molecule has 0 aromatic carbocycles. The predicted octanol–water partition coefficient (Wildman–Crippen LogP) is 2.12. The van der Waals surface area contributed by atoms with Crippen molar-refractivity contribution in [1.29, 1.82) is 0 Å². The van der Waals surface area contributed by atoms with E-state index in [1.807, 2.05) is 0 Å². The van der Waals surface area contributed by atoms with Crippen molar-refractivity contribution >= 4 is 16.5 Å². The fraction of sp³-hybridized carbons (Fsp3) is 0.727. The van der Waals surface area contributed by atoms with Gasteiger partial charge in [0.05, 0.1) is 4.88 Å². The zero-order valence-corrected chi connectivity index (χ0v) is 9.46. The molecule has 3 N–H and O–H groups in total. The molecule has 0 amide bonds. The molecule has 1 aromatic heterocycles. The maximum Gasteiger partial charge on any atom is 0.180 e. The quantitative estimate of drug-likeness (QED) is 0.768. The number of rotatable bonds is 1. The van der Waals surface area contributed by atoms with Crippen LogP contribution in [-0.2, 0) is 5.60 Å². The van der Waals surface area contributed by atoms with Crippen LogP contribution < -0.4 is 5.73 Å². The Kier molecular flexibility index (Phi) is 2.04. The van der Waals surface area contributed by atoms with E-state index in [1.165, 1.54) is 30.6 Å². The van der Waals surface area contributed by atoms with Gasteiger partial charge in [0, 0.05) is 6.20 Å². The van der Waals surface area contributed by atoms with Gasteiger partial charge in [-0.15, -0.1) is 0 Å². The fourth-order valence-corrected chi connectivity index (χ4v) is 4.08. The van der Waals surface area contributed by atoms with Crippen LogP contribution in [0.5, 0.6) is 0 Å². The summed E-state index contributed by atoms with van der Waals surface area (Å²) in [5, 5.41) is 11.2. The summed E-state index contributed by atoms with van der Waals surface area (Å²) >= 11 is 1.44. The Morgan fingerprint density at radius 2 is 2.07 bits per heavy atom. The van der Waals surface area contributed by atoms with Crippen molar-refractivity contribution in [2.45, 2.75) is 37.7 Å². The first-order chi connectivity index (χ1) is 7.16. The molecule has 82 valence electrons. The van der Waals surface area contributed by atoms with Crippen molar-refractivity contribution < 1.29 is 5.11 Å². The first-order valence-corrected chi connectivity index (χ1v) is 6.41. The highest BCUT2D eigenvalue weighted by molar-refractivity contribution is 7.15. The normalized spacial score (nSPS) is 39.5. The Labute approximate surface area is 93.3 Å². The summed E-state index contributed by atoms with van der Waals surface area (Å²) in [5.41, 5.74) is 5.00. The van der Waals surface area contributed by atoms with E-state index < -0.39 is 5.60 Å². The van der Waals surface area contributed by atoms with E-state index in [0.717, 1.165) is 29.6 Å². The first kappa shape index (κ1) is 9.60. The lowest BCUT2D eigenvalue weighted by Gasteiger charge is -2.35. The number of hydrogen-bond donors (Lipinski definition) is 2. The van der Waals surface area contributed by atoms with Crippen molar-refractivity contribution in [2.75, 3.05) is 5.73 Å². The Hall–Kier alpha value is -0.610. The highest BCUT2D eigenvalue weighted by Crippen LogP contribution is 2.51. The fourth-order valence-electron chi connectivity index (χ4n) is 3.29. The van der Waals surface area contributed by atoms with Gasteiger partial charge in [0.15, 0.2) is 5.13 Å². The molecule has 2 atom stereocenters. The molecule has 2 aliphatic carbocycles. The molecular weight excluding hydrogens is 208 g/mol. The summed E-state index contributed by atoms with van der Waals surface area (Å²) in [4.78, 5) is 5.01. The molecule has 2 fully saturated rings. The molecule has 3 nitrogen and oxygen atoms in total. The van der Waals surface area contributed by atoms with Crippen molar-refractivity contribution in [3.63, 3.8) is 0 Å². The van der Waals surface area contributed by atoms with E-state index >= 15 is 0 Å². The molecule has 0 spiro atoms. The average molecular weight is 224 g/mol. The molecule has 1 heterocycles. The number of aliphatic hydroxyl groups is 1. The molecule has 2 bridgehead atoms. The third-order valence-corrected chi connectivity index (χ3v) is 4.90. The van der Waals surface area contributed by atoms with Crippen molar-refractivity contribution in [3.8, 4) is 0 Å². The summed E-state index contributed by atoms with van der Waals surface area (Å²) in [5.74, 6) is 1.44. The number of nitrogen functional groups attached to an aromatic ring is 1. The molecule has 2 aliphatic rings. The average Bonchev–Trinajstić information content (AvgIpc) is 2.74. The Morgan fingerprint density at radius 1 is 1.40 bits per heavy atom. The smallest absolute Gasteiger partial charge is 0.180 e. The van der Waals surface area contributed by atoms with Crippen LogP contribution in [0.2, 0.25) is 0 Å². The van der Waals surface area contributed by atoms with Crippen LogP contribution in [0.3, 0.4) is 0 Å². The lowest BCUT2D eigenvalue weighted by Crippen LogP contribution is -2.32. The number of anilines is 1. The first-order valence-electron chi connectivity index (χ1n) is 5.60. The third kappa shape index (κ3) is 1.56. The van der Waals surface area contributed by atoms with Crippen molar-refractivity contribution in [3.05, 3.63) is 11.1 Å². The molecule has 2 saturated carbocycles. The zero-order chi connectivity index (χ0) is 10.5. The molecule has 0 saturated heterocycles. The second-order valence-corrected chi connectivity index (χ2v) is 6.11. The van der Waals surface area contributed by atoms with Crippen LogP contribution in [0.4, 0.5) is 5.13 Å². The number of aromatic nitrogens is 1. The van der Waals surface area contributed by atoms with E-state index in [1.54, 1.807) is 6.20 Å². The molecule has 0 radical (unpaired) electrons. The maximum absolute atomic E-state index is 10.7. The van der Waals surface area contributed by atoms with Gasteiger partial charge in [-0.2, -0.15) is 0 Å². The van der Waals surface area contributed by atoms with Crippen LogP contribution in [0, 0.1) is 11.8 Å². The van der Waals surface area contributed by atoms with Crippen LogP contribution in [0.1, 0.15) is 37.0 Å². The van der Waals surface area contributed by atoms with Gasteiger partial charge < -0.3 is 10.8 Å². The van der Waals surface area contributed by atoms with Gasteiger partial charge in [0.2, 0.25) is 0 Å². The molecule has 15 heavy (non-hydrogen) atoms. The topological polar surface area (TPSA) is 59.1 Å². The maximum atomic E-state index is 10.7. The highest BCUT2D eigenvalue weighted by atomic mass is 32.1. The second-order valence-electron chi connectivity index (χ2n) is 5.05. The number of thiazole rings is 1. The predicted molar refractivity (Wildman–Crippen MR) is 60.5 cm³/mol. The highest BCUT2D eigenvalue weighted by Gasteiger charge is 2.44. The molecule has 0 aliphatic heterocycles. The molecule has 4 heteroatoms. The summed E-state index contributed by atoms with van der Waals surface area (Å²) in [6.07, 6.45) is 7.47. The van der Waals surface area contributed by atoms with E-state index in [2.05, 4.69) is 4.98 Å². The largest absolute Gasteiger partial charge is 0.384 e. The van der Waals surface area contributed by atoms with Gasteiger partial charge in [0.1, 0.15) is 5.60 Å². The van der Waals surface area contributed by atoms with E-state index in [0.29, 0.717) is 5.13 Å². The van der Waals surface area contributed by atoms with Gasteiger partial charge in [-0.25, -0.2) is 4.98 Å². The second kappa shape index (κ2) is 3.19. The Morgan fingerprint density at radius 3 is 2.60 bits per heavy atom. The van der Waals surface area contributed by atoms with E-state index in [-0.39, 0.29) is 0 Å². The van der Waals surface area contributed by atoms with Crippen LogP contribution in [-0.4, -0.2) is 10.1 Å². The van der Waals surface area contributed by atoms with Gasteiger partial charge >= 0.3 is 0 Å². The lowest BCUT2D eigenvalue weighted by molar-refractivity contribution is -0.0225. The minimum atomic E-state index is -0.626. The number of hydrogen-bond acceptors (Lipinski definition) is 4. The van der Waals surface area contributed by atoms with E-state index in [4.69, 9.17) is 5.73 Å². The standard InChI is InChI=1S/C11H16N2OS/c12-10-13-6-9(15-10)11(14)4-7-1-2-8(3-7)5-11/h6-8,14H,1-5H2,(H2,12,13). The van der Waals surface area contributed by atoms with Crippen LogP contribution in [0.25, 0.3) is 0 Å². The Bertz CT molecular complexity index is 364. The summed E-state index contributed by atoms with van der Waals surface area (Å²) in [6.45, 7) is 0. The summed E-state index contributed by atoms with van der Waals surface area (Å²) < 4.78 is 0.